The van der Waals surface area contributed by atoms with Crippen LogP contribution in [0.1, 0.15) is 26.8 Å². The van der Waals surface area contributed by atoms with Gasteiger partial charge in [-0.3, -0.25) is 0 Å². The van der Waals surface area contributed by atoms with Crippen molar-refractivity contribution < 1.29 is 9.22 Å². The first-order valence-electron chi connectivity index (χ1n) is 8.71. The first-order chi connectivity index (χ1) is 11.4. The Balaban J connectivity index is 1.83. The molecule has 3 heterocycles. The number of rotatable bonds is 0. The lowest BCUT2D eigenvalue weighted by molar-refractivity contribution is 0.268. The minimum absolute atomic E-state index is 0.0475. The predicted octanol–water partition coefficient (Wildman–Crippen LogP) is 2.18. The topological polar surface area (TPSA) is 39.6 Å². The molecule has 2 aromatic rings. The van der Waals surface area contributed by atoms with Crippen LogP contribution in [0.4, 0.5) is 5.82 Å². The molecule has 2 aliphatic rings. The number of pyridine rings is 1. The van der Waals surface area contributed by atoms with Crippen LogP contribution in [0.15, 0.2) is 36.5 Å². The van der Waals surface area contributed by atoms with Crippen molar-refractivity contribution in [3.63, 3.8) is 0 Å². The van der Waals surface area contributed by atoms with Crippen molar-refractivity contribution in [2.24, 2.45) is 0 Å². The highest BCUT2D eigenvalue weighted by Gasteiger charge is 2.32. The van der Waals surface area contributed by atoms with Gasteiger partial charge < -0.3 is 14.9 Å². The average Bonchev–Trinajstić information content (AvgIpc) is 2.67. The molecule has 2 aliphatic heterocycles. The van der Waals surface area contributed by atoms with Crippen molar-refractivity contribution in [1.82, 2.24) is 9.88 Å². The highest BCUT2D eigenvalue weighted by atomic mass is 16.3. The summed E-state index contributed by atoms with van der Waals surface area (Å²) in [6.45, 7) is -0.576. The molecule has 1 unspecified atom stereocenters. The maximum Gasteiger partial charge on any atom is 0.134 e. The van der Waals surface area contributed by atoms with Gasteiger partial charge in [0.15, 0.2) is 0 Å². The van der Waals surface area contributed by atoms with Crippen LogP contribution in [-0.4, -0.2) is 41.6 Å². The summed E-state index contributed by atoms with van der Waals surface area (Å²) in [5, 5.41) is 9.81. The van der Waals surface area contributed by atoms with Crippen LogP contribution in [0.2, 0.25) is 0 Å². The van der Waals surface area contributed by atoms with Gasteiger partial charge >= 0.3 is 0 Å². The molecule has 1 N–H and O–H groups in total. The summed E-state index contributed by atoms with van der Waals surface area (Å²) in [7, 11) is 0. The molecule has 4 heteroatoms. The lowest BCUT2D eigenvalue weighted by Crippen LogP contribution is -2.47. The Labute approximate surface area is 128 Å². The van der Waals surface area contributed by atoms with E-state index in [0.717, 1.165) is 22.5 Å². The van der Waals surface area contributed by atoms with Gasteiger partial charge in [-0.2, -0.15) is 0 Å². The lowest BCUT2D eigenvalue weighted by Gasteiger charge is -2.41. The molecular formula is C17H19N3O. The van der Waals surface area contributed by atoms with E-state index >= 15 is 0 Å². The van der Waals surface area contributed by atoms with Crippen LogP contribution in [0.25, 0.3) is 0 Å². The molecule has 1 aromatic heterocycles. The zero-order chi connectivity index (χ0) is 16.9. The van der Waals surface area contributed by atoms with E-state index in [1.807, 2.05) is 12.1 Å². The van der Waals surface area contributed by atoms with E-state index in [2.05, 4.69) is 22.0 Å². The fraction of sp³-hybridized carbons (Fsp3) is 0.353. The smallest absolute Gasteiger partial charge is 0.134 e. The average molecular weight is 284 g/mol. The molecule has 0 bridgehead atoms. The van der Waals surface area contributed by atoms with Gasteiger partial charge in [0.05, 0.1) is 12.2 Å². The largest absolute Gasteiger partial charge is 0.506 e. The molecule has 21 heavy (non-hydrogen) atoms. The van der Waals surface area contributed by atoms with E-state index in [9.17, 15) is 5.11 Å². The molecule has 1 saturated heterocycles. The molecule has 1 fully saturated rings. The molecule has 1 aromatic carbocycles. The van der Waals surface area contributed by atoms with Gasteiger partial charge in [-0.1, -0.05) is 24.3 Å². The van der Waals surface area contributed by atoms with Crippen molar-refractivity contribution >= 4 is 5.82 Å². The molecule has 0 saturated carbocycles. The first-order valence-corrected chi connectivity index (χ1v) is 7.21. The van der Waals surface area contributed by atoms with Crippen LogP contribution in [-0.2, 0) is 6.42 Å². The second kappa shape index (κ2) is 4.74. The second-order valence-corrected chi connectivity index (χ2v) is 5.71. The highest BCUT2D eigenvalue weighted by molar-refractivity contribution is 5.57. The zero-order valence-electron chi connectivity index (χ0n) is 14.7. The third-order valence-corrected chi connectivity index (χ3v) is 4.38. The van der Waals surface area contributed by atoms with Gasteiger partial charge in [0.25, 0.3) is 0 Å². The molecule has 4 nitrogen and oxygen atoms in total. The maximum atomic E-state index is 9.81. The van der Waals surface area contributed by atoms with E-state index in [1.165, 1.54) is 6.20 Å². The Hall–Kier alpha value is -2.07. The van der Waals surface area contributed by atoms with Gasteiger partial charge in [-0.15, -0.1) is 0 Å². The number of nitrogens with zero attached hydrogens (tertiary/aromatic N) is 3. The standard InChI is InChI=1S/C17H19N3O/c1-19-6-7-20-16(11-19)15-5-3-2-4-12(15)8-13-9-14(21)10-18-17(13)20/h2-5,9-10,16,21H,6-8,11H2,1H3/i1D3. The van der Waals surface area contributed by atoms with Gasteiger partial charge in [-0.05, 0) is 24.2 Å². The number of aromatic hydroxyl groups is 1. The monoisotopic (exact) mass is 284 g/mol. The van der Waals surface area contributed by atoms with E-state index in [1.54, 1.807) is 11.0 Å². The van der Waals surface area contributed by atoms with Gasteiger partial charge in [0.2, 0.25) is 0 Å². The molecule has 0 spiro atoms. The van der Waals surface area contributed by atoms with Crippen LogP contribution in [0.5, 0.6) is 5.75 Å². The molecule has 0 amide bonds. The van der Waals surface area contributed by atoms with E-state index < -0.39 is 6.98 Å². The van der Waals surface area contributed by atoms with Crippen molar-refractivity contribution in [1.29, 1.82) is 0 Å². The van der Waals surface area contributed by atoms with E-state index in [0.29, 0.717) is 26.1 Å². The Bertz CT molecular complexity index is 778. The third-order valence-electron chi connectivity index (χ3n) is 4.38. The number of anilines is 1. The number of fused-ring (bicyclic) bond motifs is 5. The second-order valence-electron chi connectivity index (χ2n) is 5.71. The Morgan fingerprint density at radius 3 is 3.10 bits per heavy atom. The summed E-state index contributed by atoms with van der Waals surface area (Å²) in [6, 6.07) is 9.84. The van der Waals surface area contributed by atoms with Gasteiger partial charge in [0.1, 0.15) is 11.6 Å². The number of likely N-dealkylation sites (N-methyl/N-ethyl adjacent to an activating group) is 1. The first kappa shape index (κ1) is 9.79. The summed E-state index contributed by atoms with van der Waals surface area (Å²) in [4.78, 5) is 8.20. The summed E-state index contributed by atoms with van der Waals surface area (Å²) < 4.78 is 23.2. The highest BCUT2D eigenvalue weighted by Crippen LogP contribution is 2.38. The van der Waals surface area contributed by atoms with E-state index in [-0.39, 0.29) is 11.8 Å². The molecule has 0 radical (unpaired) electrons. The molecule has 108 valence electrons. The Kier molecular flexibility index (Phi) is 2.21. The molecular weight excluding hydrogens is 262 g/mol. The maximum absolute atomic E-state index is 9.81. The summed E-state index contributed by atoms with van der Waals surface area (Å²) >= 11 is 0. The Morgan fingerprint density at radius 1 is 1.29 bits per heavy atom. The minimum Gasteiger partial charge on any atom is -0.506 e. The number of hydrogen-bond donors (Lipinski definition) is 1. The van der Waals surface area contributed by atoms with Gasteiger partial charge in [0, 0.05) is 35.7 Å². The SMILES string of the molecule is [2H]C([2H])([2H])N1CCN2c3ncc(O)cc3Cc3ccccc3C2C1. The van der Waals surface area contributed by atoms with Crippen LogP contribution in [0.3, 0.4) is 0 Å². The lowest BCUT2D eigenvalue weighted by atomic mass is 9.96. The molecule has 4 rings (SSSR count). The van der Waals surface area contributed by atoms with Crippen molar-refractivity contribution in [2.75, 3.05) is 31.5 Å². The van der Waals surface area contributed by atoms with E-state index in [4.69, 9.17) is 4.11 Å². The number of piperazine rings is 1. The van der Waals surface area contributed by atoms with Gasteiger partial charge in [-0.25, -0.2) is 4.98 Å². The normalized spacial score (nSPS) is 23.9. The van der Waals surface area contributed by atoms with Crippen molar-refractivity contribution in [2.45, 2.75) is 12.5 Å². The predicted molar refractivity (Wildman–Crippen MR) is 82.7 cm³/mol. The molecule has 1 atom stereocenters. The quantitative estimate of drug-likeness (QED) is 0.805. The number of benzene rings is 1. The van der Waals surface area contributed by atoms with Crippen LogP contribution >= 0.6 is 0 Å². The fourth-order valence-electron chi connectivity index (χ4n) is 3.41. The third kappa shape index (κ3) is 2.07. The van der Waals surface area contributed by atoms with Crippen molar-refractivity contribution in [3.8, 4) is 5.75 Å². The minimum atomic E-state index is -2.08. The van der Waals surface area contributed by atoms with Crippen LogP contribution < -0.4 is 4.90 Å². The number of hydrogen-bond acceptors (Lipinski definition) is 4. The van der Waals surface area contributed by atoms with Crippen LogP contribution in [0, 0.1) is 0 Å². The fourth-order valence-corrected chi connectivity index (χ4v) is 3.41. The summed E-state index contributed by atoms with van der Waals surface area (Å²) in [5.74, 6) is 1.00. The summed E-state index contributed by atoms with van der Waals surface area (Å²) in [5.41, 5.74) is 3.28. The molecule has 0 aliphatic carbocycles. The van der Waals surface area contributed by atoms with Crippen molar-refractivity contribution in [3.05, 3.63) is 53.2 Å². The Morgan fingerprint density at radius 2 is 2.19 bits per heavy atom. The number of aromatic nitrogens is 1. The zero-order valence-corrected chi connectivity index (χ0v) is 11.7. The summed E-state index contributed by atoms with van der Waals surface area (Å²) in [6.07, 6.45) is 2.15.